The monoisotopic (exact) mass is 507 g/mol. The van der Waals surface area contributed by atoms with Gasteiger partial charge in [-0.3, -0.25) is 25.1 Å². The van der Waals surface area contributed by atoms with Gasteiger partial charge >= 0.3 is 6.09 Å². The summed E-state index contributed by atoms with van der Waals surface area (Å²) in [5, 5.41) is 14.8. The Balaban J connectivity index is 1.60. The van der Waals surface area contributed by atoms with Crippen LogP contribution in [-0.4, -0.2) is 39.0 Å². The lowest BCUT2D eigenvalue weighted by Gasteiger charge is -2.15. The van der Waals surface area contributed by atoms with Gasteiger partial charge in [-0.1, -0.05) is 0 Å². The molecule has 0 aliphatic carbocycles. The summed E-state index contributed by atoms with van der Waals surface area (Å²) in [4.78, 5) is 41.8. The van der Waals surface area contributed by atoms with Crippen LogP contribution in [0, 0.1) is 18.3 Å². The highest BCUT2D eigenvalue weighted by molar-refractivity contribution is 6.04. The first-order chi connectivity index (χ1) is 18.2. The average Bonchev–Trinajstić information content (AvgIpc) is 2.94. The molecule has 38 heavy (non-hydrogen) atoms. The number of carbonyl (C=O) groups excluding carboxylic acids is 2. The van der Waals surface area contributed by atoms with Gasteiger partial charge in [-0.15, -0.1) is 0 Å². The summed E-state index contributed by atoms with van der Waals surface area (Å²) in [6.45, 7) is 5.38. The number of pyridine rings is 4. The average molecular weight is 508 g/mol. The Kier molecular flexibility index (Phi) is 7.39. The molecule has 0 unspecified atom stereocenters. The number of nitriles is 1. The lowest BCUT2D eigenvalue weighted by molar-refractivity contribution is 0.102. The number of rotatable bonds is 6. The molecule has 4 aromatic heterocycles. The van der Waals surface area contributed by atoms with Crippen molar-refractivity contribution in [3.05, 3.63) is 84.2 Å². The molecule has 10 heteroatoms. The van der Waals surface area contributed by atoms with Crippen LogP contribution in [0.4, 0.5) is 16.3 Å². The van der Waals surface area contributed by atoms with Crippen molar-refractivity contribution >= 4 is 23.5 Å². The van der Waals surface area contributed by atoms with E-state index in [1.807, 2.05) is 25.1 Å². The first-order valence-corrected chi connectivity index (χ1v) is 11.6. The number of anilines is 2. The van der Waals surface area contributed by atoms with Crippen LogP contribution < -0.4 is 10.6 Å². The molecular formula is C28H25N7O3. The van der Waals surface area contributed by atoms with Crippen LogP contribution in [0.2, 0.25) is 0 Å². The van der Waals surface area contributed by atoms with Crippen LogP contribution in [0.15, 0.2) is 67.3 Å². The first-order valence-electron chi connectivity index (χ1n) is 11.6. The Labute approximate surface area is 219 Å². The molecule has 0 saturated carbocycles. The Bertz CT molecular complexity index is 1560. The number of ether oxygens (including phenoxy) is 1. The third-order valence-electron chi connectivity index (χ3n) is 5.83. The zero-order valence-corrected chi connectivity index (χ0v) is 21.3. The number of amides is 2. The van der Waals surface area contributed by atoms with Crippen molar-refractivity contribution in [1.82, 2.24) is 19.9 Å². The Hall–Kier alpha value is -5.17. The number of methoxy groups -OCH3 is 1. The number of hydrogen-bond acceptors (Lipinski definition) is 8. The van der Waals surface area contributed by atoms with Gasteiger partial charge in [0.25, 0.3) is 5.91 Å². The summed E-state index contributed by atoms with van der Waals surface area (Å²) in [6, 6.07) is 14.5. The van der Waals surface area contributed by atoms with Gasteiger partial charge in [-0.2, -0.15) is 5.26 Å². The highest BCUT2D eigenvalue weighted by Crippen LogP contribution is 2.29. The molecule has 4 aromatic rings. The molecule has 0 spiro atoms. The smallest absolute Gasteiger partial charge is 0.412 e. The second-order valence-corrected chi connectivity index (χ2v) is 8.95. The molecule has 0 aromatic carbocycles. The number of nitrogens with one attached hydrogen (secondary N) is 2. The number of aromatic nitrogens is 4. The first kappa shape index (κ1) is 25.9. The molecule has 190 valence electrons. The SMILES string of the molecule is COC(=O)Nc1cc(-c2cc(-c3cc(NC(=O)c4ccnc(C(C)(C)C#N)c4)cnc3C)ccn2)ccn1. The predicted octanol–water partition coefficient (Wildman–Crippen LogP) is 5.14. The quantitative estimate of drug-likeness (QED) is 0.365. The van der Waals surface area contributed by atoms with E-state index in [0.717, 1.165) is 22.4 Å². The van der Waals surface area contributed by atoms with E-state index in [2.05, 4.69) is 41.4 Å². The van der Waals surface area contributed by atoms with Crippen LogP contribution >= 0.6 is 0 Å². The normalized spacial score (nSPS) is 10.8. The van der Waals surface area contributed by atoms with Gasteiger partial charge < -0.3 is 10.1 Å². The van der Waals surface area contributed by atoms with Crippen LogP contribution in [-0.2, 0) is 10.2 Å². The third-order valence-corrected chi connectivity index (χ3v) is 5.83. The maximum Gasteiger partial charge on any atom is 0.412 e. The number of aryl methyl sites for hydroxylation is 1. The van der Waals surface area contributed by atoms with E-state index in [1.54, 1.807) is 56.7 Å². The molecule has 10 nitrogen and oxygen atoms in total. The molecule has 4 rings (SSSR count). The minimum absolute atomic E-state index is 0.335. The van der Waals surface area contributed by atoms with Crippen LogP contribution in [0.25, 0.3) is 22.4 Å². The van der Waals surface area contributed by atoms with Gasteiger partial charge in [-0.25, -0.2) is 9.78 Å². The molecule has 0 radical (unpaired) electrons. The zero-order valence-electron chi connectivity index (χ0n) is 21.3. The van der Waals surface area contributed by atoms with Gasteiger partial charge in [-0.05, 0) is 68.8 Å². The fourth-order valence-corrected chi connectivity index (χ4v) is 3.64. The van der Waals surface area contributed by atoms with Gasteiger partial charge in [0.1, 0.15) is 5.82 Å². The lowest BCUT2D eigenvalue weighted by Crippen LogP contribution is -2.18. The minimum atomic E-state index is -0.821. The Morgan fingerprint density at radius 2 is 1.66 bits per heavy atom. The van der Waals surface area contributed by atoms with E-state index in [4.69, 9.17) is 0 Å². The molecule has 0 aliphatic heterocycles. The fourth-order valence-electron chi connectivity index (χ4n) is 3.64. The van der Waals surface area contributed by atoms with Crippen molar-refractivity contribution in [3.63, 3.8) is 0 Å². The summed E-state index contributed by atoms with van der Waals surface area (Å²) in [7, 11) is 1.28. The van der Waals surface area contributed by atoms with Crippen LogP contribution in [0.1, 0.15) is 35.6 Å². The Morgan fingerprint density at radius 1 is 0.921 bits per heavy atom. The highest BCUT2D eigenvalue weighted by atomic mass is 16.5. The van der Waals surface area contributed by atoms with E-state index < -0.39 is 11.5 Å². The van der Waals surface area contributed by atoms with Gasteiger partial charge in [0.15, 0.2) is 0 Å². The summed E-state index contributed by atoms with van der Waals surface area (Å²) in [5.74, 6) is -0.00151. The zero-order chi connectivity index (χ0) is 27.3. The highest BCUT2D eigenvalue weighted by Gasteiger charge is 2.22. The molecule has 0 bridgehead atoms. The second-order valence-electron chi connectivity index (χ2n) is 8.95. The van der Waals surface area contributed by atoms with Crippen molar-refractivity contribution < 1.29 is 14.3 Å². The minimum Gasteiger partial charge on any atom is -0.453 e. The summed E-state index contributed by atoms with van der Waals surface area (Å²) in [6.07, 6.45) is 5.74. The van der Waals surface area contributed by atoms with Crippen molar-refractivity contribution in [1.29, 1.82) is 5.26 Å². The maximum atomic E-state index is 13.0. The van der Waals surface area contributed by atoms with E-state index in [0.29, 0.717) is 28.5 Å². The third kappa shape index (κ3) is 5.79. The van der Waals surface area contributed by atoms with E-state index in [-0.39, 0.29) is 5.91 Å². The van der Waals surface area contributed by atoms with E-state index in [1.165, 1.54) is 13.3 Å². The fraction of sp³-hybridized carbons (Fsp3) is 0.179. The van der Waals surface area contributed by atoms with E-state index in [9.17, 15) is 14.9 Å². The largest absolute Gasteiger partial charge is 0.453 e. The molecule has 0 atom stereocenters. The Morgan fingerprint density at radius 3 is 2.42 bits per heavy atom. The van der Waals surface area contributed by atoms with Crippen LogP contribution in [0.5, 0.6) is 0 Å². The van der Waals surface area contributed by atoms with Gasteiger partial charge in [0, 0.05) is 41.0 Å². The topological polar surface area (TPSA) is 143 Å². The predicted molar refractivity (Wildman–Crippen MR) is 142 cm³/mol. The van der Waals surface area contributed by atoms with Crippen molar-refractivity contribution in [3.8, 4) is 28.5 Å². The number of hydrogen-bond donors (Lipinski definition) is 2. The summed E-state index contributed by atoms with van der Waals surface area (Å²) in [5.41, 5.74) is 4.44. The molecule has 2 N–H and O–H groups in total. The summed E-state index contributed by atoms with van der Waals surface area (Å²) < 4.78 is 4.62. The van der Waals surface area contributed by atoms with Gasteiger partial charge in [0.2, 0.25) is 0 Å². The number of carbonyl (C=O) groups is 2. The van der Waals surface area contributed by atoms with Crippen molar-refractivity contribution in [2.45, 2.75) is 26.2 Å². The van der Waals surface area contributed by atoms with E-state index >= 15 is 0 Å². The van der Waals surface area contributed by atoms with Crippen molar-refractivity contribution in [2.75, 3.05) is 17.7 Å². The number of nitrogens with zero attached hydrogens (tertiary/aromatic N) is 5. The van der Waals surface area contributed by atoms with Crippen molar-refractivity contribution in [2.24, 2.45) is 0 Å². The molecule has 0 saturated heterocycles. The lowest BCUT2D eigenvalue weighted by atomic mass is 9.90. The van der Waals surface area contributed by atoms with Gasteiger partial charge in [0.05, 0.1) is 41.9 Å². The molecule has 0 aliphatic rings. The second kappa shape index (κ2) is 10.8. The molecule has 0 fully saturated rings. The standard InChI is InChI=1S/C28H25N7O3/c1-17-22(18-5-8-30-23(11-18)19-6-10-32-25(13-19)35-27(37)38-4)14-21(15-33-17)34-26(36)20-7-9-31-24(12-20)28(2,3)16-29/h5-15H,1-4H3,(H,34,36)(H,32,35,37). The maximum absolute atomic E-state index is 13.0. The van der Waals surface area contributed by atoms with Crippen LogP contribution in [0.3, 0.4) is 0 Å². The molecule has 2 amide bonds. The summed E-state index contributed by atoms with van der Waals surface area (Å²) >= 11 is 0. The molecule has 4 heterocycles. The molecular weight excluding hydrogens is 482 g/mol.